The average Bonchev–Trinajstić information content (AvgIpc) is 2.90. The molecule has 2 fully saturated rings. The molecule has 0 N–H and O–H groups in total. The van der Waals surface area contributed by atoms with Crippen molar-refractivity contribution < 1.29 is 17.6 Å². The molecule has 2 saturated heterocycles. The molecule has 156 valence electrons. The van der Waals surface area contributed by atoms with E-state index in [2.05, 4.69) is 28.6 Å². The Morgan fingerprint density at radius 1 is 1.17 bits per heavy atom. The highest BCUT2D eigenvalue weighted by Crippen LogP contribution is 2.44. The normalized spacial score (nSPS) is 24.6. The molecule has 0 saturated carbocycles. The molecule has 0 unspecified atom stereocenters. The van der Waals surface area contributed by atoms with Gasteiger partial charge in [-0.1, -0.05) is 12.1 Å². The Hall–Kier alpha value is -2.15. The topological polar surface area (TPSA) is 19.4 Å². The van der Waals surface area contributed by atoms with Crippen molar-refractivity contribution in [3.05, 3.63) is 59.7 Å². The first-order chi connectivity index (χ1) is 13.6. The number of alkyl halides is 3. The number of hydrogen-bond acceptors (Lipinski definition) is 3. The van der Waals surface area contributed by atoms with Crippen LogP contribution in [0.25, 0.3) is 0 Å². The average molecular weight is 407 g/mol. The first-order valence-corrected chi connectivity index (χ1v) is 9.93. The van der Waals surface area contributed by atoms with Gasteiger partial charge in [0.1, 0.15) is 11.5 Å². The molecule has 3 heterocycles. The summed E-state index contributed by atoms with van der Waals surface area (Å²) in [5, 5.41) is 0. The monoisotopic (exact) mass is 407 g/mol. The van der Waals surface area contributed by atoms with Gasteiger partial charge in [0.25, 0.3) is 0 Å². The largest absolute Gasteiger partial charge is 0.433 e. The quantitative estimate of drug-likeness (QED) is 0.659. The molecule has 1 aromatic carbocycles. The van der Waals surface area contributed by atoms with Crippen LogP contribution in [0.2, 0.25) is 0 Å². The molecule has 0 aliphatic carbocycles. The van der Waals surface area contributed by atoms with Crippen LogP contribution in [0.3, 0.4) is 0 Å². The third-order valence-electron chi connectivity index (χ3n) is 6.13. The lowest BCUT2D eigenvalue weighted by atomic mass is 9.89. The lowest BCUT2D eigenvalue weighted by molar-refractivity contribution is -0.141. The van der Waals surface area contributed by atoms with E-state index >= 15 is 0 Å². The minimum absolute atomic E-state index is 0.0744. The number of halogens is 4. The Bertz CT molecular complexity index is 863. The Morgan fingerprint density at radius 3 is 2.62 bits per heavy atom. The number of fused-ring (bicyclic) bond motifs is 1. The molecule has 29 heavy (non-hydrogen) atoms. The van der Waals surface area contributed by atoms with Gasteiger partial charge in [0.15, 0.2) is 0 Å². The molecule has 3 nitrogen and oxygen atoms in total. The van der Waals surface area contributed by atoms with E-state index in [0.29, 0.717) is 18.5 Å². The van der Waals surface area contributed by atoms with Crippen LogP contribution >= 0.6 is 0 Å². The summed E-state index contributed by atoms with van der Waals surface area (Å²) in [7, 11) is 0. The second kappa shape index (κ2) is 7.27. The summed E-state index contributed by atoms with van der Waals surface area (Å²) in [5.41, 5.74) is 0.775. The summed E-state index contributed by atoms with van der Waals surface area (Å²) in [6.07, 6.45) is -1.15. The van der Waals surface area contributed by atoms with Gasteiger partial charge in [0.2, 0.25) is 0 Å². The fraction of sp³-hybridized carbons (Fsp3) is 0.500. The second-order valence-corrected chi connectivity index (χ2v) is 8.77. The summed E-state index contributed by atoms with van der Waals surface area (Å²) in [5.74, 6) is 0.207. The Morgan fingerprint density at radius 2 is 1.97 bits per heavy atom. The van der Waals surface area contributed by atoms with Crippen LogP contribution in [0.4, 0.5) is 23.2 Å². The third kappa shape index (κ3) is 4.10. The summed E-state index contributed by atoms with van der Waals surface area (Å²) in [6.45, 7) is 6.71. The number of benzene rings is 1. The maximum atomic E-state index is 13.8. The van der Waals surface area contributed by atoms with Crippen molar-refractivity contribution in [2.24, 2.45) is 5.92 Å². The zero-order valence-electron chi connectivity index (χ0n) is 16.6. The van der Waals surface area contributed by atoms with Crippen LogP contribution in [-0.4, -0.2) is 34.6 Å². The number of rotatable bonds is 3. The van der Waals surface area contributed by atoms with Gasteiger partial charge in [0, 0.05) is 43.1 Å². The highest BCUT2D eigenvalue weighted by Gasteiger charge is 2.48. The smallest absolute Gasteiger partial charge is 0.363 e. The number of piperidine rings is 1. The summed E-state index contributed by atoms with van der Waals surface area (Å²) >= 11 is 0. The van der Waals surface area contributed by atoms with E-state index in [1.807, 2.05) is 6.07 Å². The molecule has 2 aliphatic heterocycles. The lowest BCUT2D eigenvalue weighted by Gasteiger charge is -2.42. The zero-order valence-corrected chi connectivity index (χ0v) is 16.6. The van der Waals surface area contributed by atoms with Crippen molar-refractivity contribution in [1.29, 1.82) is 0 Å². The number of pyridine rings is 1. The summed E-state index contributed by atoms with van der Waals surface area (Å²) < 4.78 is 51.9. The van der Waals surface area contributed by atoms with Crippen LogP contribution in [0.1, 0.15) is 37.9 Å². The Labute approximate surface area is 168 Å². The minimum atomic E-state index is -4.41. The first-order valence-electron chi connectivity index (χ1n) is 9.93. The van der Waals surface area contributed by atoms with Crippen molar-refractivity contribution in [2.75, 3.05) is 18.0 Å². The molecule has 0 spiro atoms. The van der Waals surface area contributed by atoms with Gasteiger partial charge in [-0.3, -0.25) is 9.88 Å². The number of likely N-dealkylation sites (tertiary alicyclic amines) is 1. The second-order valence-electron chi connectivity index (χ2n) is 8.77. The van der Waals surface area contributed by atoms with E-state index in [9.17, 15) is 17.6 Å². The molecular formula is C22H25F4N3. The number of anilines is 1. The molecule has 4 rings (SSSR count). The maximum Gasteiger partial charge on any atom is 0.433 e. The van der Waals surface area contributed by atoms with E-state index < -0.39 is 11.9 Å². The molecule has 1 aromatic heterocycles. The van der Waals surface area contributed by atoms with Gasteiger partial charge in [-0.15, -0.1) is 0 Å². The predicted octanol–water partition coefficient (Wildman–Crippen LogP) is 5.12. The van der Waals surface area contributed by atoms with Crippen LogP contribution in [0, 0.1) is 11.7 Å². The molecule has 2 atom stereocenters. The maximum absolute atomic E-state index is 13.8. The summed E-state index contributed by atoms with van der Waals surface area (Å²) in [4.78, 5) is 8.22. The molecule has 7 heteroatoms. The van der Waals surface area contributed by atoms with E-state index in [0.717, 1.165) is 43.2 Å². The molecule has 0 radical (unpaired) electrons. The minimum Gasteiger partial charge on any atom is -0.363 e. The van der Waals surface area contributed by atoms with E-state index in [4.69, 9.17) is 0 Å². The van der Waals surface area contributed by atoms with Gasteiger partial charge >= 0.3 is 6.18 Å². The molecular weight excluding hydrogens is 382 g/mol. The van der Waals surface area contributed by atoms with Crippen LogP contribution in [-0.2, 0) is 12.7 Å². The lowest BCUT2D eigenvalue weighted by Crippen LogP contribution is -2.48. The Kier molecular flexibility index (Phi) is 5.05. The molecule has 0 amide bonds. The van der Waals surface area contributed by atoms with Crippen LogP contribution in [0.15, 0.2) is 42.6 Å². The van der Waals surface area contributed by atoms with Crippen molar-refractivity contribution in [3.63, 3.8) is 0 Å². The molecule has 2 aliphatic rings. The fourth-order valence-electron chi connectivity index (χ4n) is 5.08. The highest BCUT2D eigenvalue weighted by molar-refractivity contribution is 5.52. The predicted molar refractivity (Wildman–Crippen MR) is 104 cm³/mol. The number of aromatic nitrogens is 1. The third-order valence-corrected chi connectivity index (χ3v) is 6.13. The van der Waals surface area contributed by atoms with E-state index in [1.54, 1.807) is 12.1 Å². The van der Waals surface area contributed by atoms with Crippen molar-refractivity contribution in [3.8, 4) is 0 Å². The Balaban J connectivity index is 1.46. The van der Waals surface area contributed by atoms with Crippen LogP contribution in [0.5, 0.6) is 0 Å². The standard InChI is InChI=1S/C22H25F4N3/c1-21(2)11-16-14-28(13-15-6-7-20(27-12-15)22(24,25)26)9-8-19(16)29(21)18-5-3-4-17(23)10-18/h3-7,10,12,16,19H,8-9,11,13-14H2,1-2H3/t16-,19+/m1/s1. The first kappa shape index (κ1) is 20.1. The summed E-state index contributed by atoms with van der Waals surface area (Å²) in [6, 6.07) is 9.68. The van der Waals surface area contributed by atoms with Crippen LogP contribution < -0.4 is 4.90 Å². The zero-order chi connectivity index (χ0) is 20.8. The van der Waals surface area contributed by atoms with Crippen molar-refractivity contribution in [2.45, 2.75) is 51.0 Å². The van der Waals surface area contributed by atoms with Crippen molar-refractivity contribution in [1.82, 2.24) is 9.88 Å². The van der Waals surface area contributed by atoms with Gasteiger partial charge < -0.3 is 4.90 Å². The van der Waals surface area contributed by atoms with Gasteiger partial charge in [-0.05, 0) is 62.4 Å². The number of hydrogen-bond donors (Lipinski definition) is 0. The van der Waals surface area contributed by atoms with Crippen molar-refractivity contribution >= 4 is 5.69 Å². The fourth-order valence-corrected chi connectivity index (χ4v) is 5.08. The number of nitrogens with zero attached hydrogens (tertiary/aromatic N) is 3. The van der Waals surface area contributed by atoms with Gasteiger partial charge in [-0.25, -0.2) is 4.39 Å². The highest BCUT2D eigenvalue weighted by atomic mass is 19.4. The van der Waals surface area contributed by atoms with Gasteiger partial charge in [-0.2, -0.15) is 13.2 Å². The molecule has 0 bridgehead atoms. The molecule has 2 aromatic rings. The SMILES string of the molecule is CC1(C)C[C@@H]2CN(Cc3ccc(C(F)(F)F)nc3)CC[C@@H]2N1c1cccc(F)c1. The van der Waals surface area contributed by atoms with E-state index in [1.165, 1.54) is 18.3 Å². The van der Waals surface area contributed by atoms with Gasteiger partial charge in [0.05, 0.1) is 0 Å². The van der Waals surface area contributed by atoms with E-state index in [-0.39, 0.29) is 11.4 Å².